The Kier molecular flexibility index (Phi) is 9.19. The quantitative estimate of drug-likeness (QED) is 0.130. The summed E-state index contributed by atoms with van der Waals surface area (Å²) in [5.41, 5.74) is 4.20. The summed E-state index contributed by atoms with van der Waals surface area (Å²) in [7, 11) is 0. The van der Waals surface area contributed by atoms with Gasteiger partial charge in [0.25, 0.3) is 0 Å². The number of halogens is 1. The van der Waals surface area contributed by atoms with Gasteiger partial charge in [0.05, 0.1) is 17.5 Å². The van der Waals surface area contributed by atoms with E-state index in [1.165, 1.54) is 24.9 Å². The van der Waals surface area contributed by atoms with Crippen LogP contribution in [0.1, 0.15) is 68.1 Å². The average Bonchev–Trinajstić information content (AvgIpc) is 3.10. The van der Waals surface area contributed by atoms with Crippen molar-refractivity contribution in [3.8, 4) is 11.6 Å². The van der Waals surface area contributed by atoms with Gasteiger partial charge < -0.3 is 23.8 Å². The van der Waals surface area contributed by atoms with Crippen molar-refractivity contribution < 1.29 is 18.9 Å². The minimum absolute atomic E-state index is 0.0711. The van der Waals surface area contributed by atoms with Crippen LogP contribution in [0.15, 0.2) is 72.8 Å². The number of hydrogen-bond donors (Lipinski definition) is 0. The van der Waals surface area contributed by atoms with Gasteiger partial charge in [-0.1, -0.05) is 42.5 Å². The van der Waals surface area contributed by atoms with E-state index in [-0.39, 0.29) is 11.6 Å². The van der Waals surface area contributed by atoms with Gasteiger partial charge in [-0.2, -0.15) is 4.98 Å². The number of aromatic nitrogens is 2. The van der Waals surface area contributed by atoms with E-state index in [0.717, 1.165) is 79.6 Å². The zero-order valence-corrected chi connectivity index (χ0v) is 26.4. The van der Waals surface area contributed by atoms with Crippen LogP contribution in [-0.2, 0) is 15.1 Å². The van der Waals surface area contributed by atoms with Crippen LogP contribution < -0.4 is 14.4 Å². The Morgan fingerprint density at radius 2 is 1.64 bits per heavy atom. The predicted molar refractivity (Wildman–Crippen MR) is 178 cm³/mol. The van der Waals surface area contributed by atoms with Gasteiger partial charge in [-0.05, 0) is 99.4 Å². The number of benzene rings is 3. The summed E-state index contributed by atoms with van der Waals surface area (Å²) in [6, 6.07) is 23.2. The van der Waals surface area contributed by atoms with E-state index in [0.29, 0.717) is 24.6 Å². The van der Waals surface area contributed by atoms with Crippen molar-refractivity contribution in [2.24, 2.45) is 0 Å². The maximum Gasteiger partial charge on any atom is 0.226 e. The van der Waals surface area contributed by atoms with Crippen LogP contribution in [0, 0.1) is 0 Å². The van der Waals surface area contributed by atoms with Crippen LogP contribution in [0.25, 0.3) is 17.0 Å². The molecule has 7 nitrogen and oxygen atoms in total. The van der Waals surface area contributed by atoms with E-state index in [1.807, 2.05) is 18.2 Å². The fourth-order valence-electron chi connectivity index (χ4n) is 6.60. The minimum Gasteiger partial charge on any atom is -0.477 e. The van der Waals surface area contributed by atoms with E-state index in [2.05, 4.69) is 75.6 Å². The fraction of sp³-hybridized carbons (Fsp3) is 0.405. The highest BCUT2D eigenvalue weighted by atomic mass is 35.5. The molecule has 0 saturated carbocycles. The molecule has 0 radical (unpaired) electrons. The molecule has 8 heteroatoms. The topological polar surface area (TPSA) is 65.9 Å². The standard InChI is InChI=1S/C37H40ClN3O4/c38-36-39-31-18-19-32-30(34(31)35(40-36)44-26-10-9-25-43-33-13-5-8-24-42-33)20-21-37(45-32,27-11-3-1-4-12-27)28-14-16-29(17-15-28)41-22-6-2-7-23-41/h1,3-4,11-12,14-21,33H,2,5-10,13,22-26H2. The largest absolute Gasteiger partial charge is 0.477 e. The first-order valence-corrected chi connectivity index (χ1v) is 16.7. The van der Waals surface area contributed by atoms with Crippen molar-refractivity contribution in [2.45, 2.75) is 63.3 Å². The summed E-state index contributed by atoms with van der Waals surface area (Å²) < 4.78 is 24.8. The molecule has 45 heavy (non-hydrogen) atoms. The number of hydrogen-bond acceptors (Lipinski definition) is 7. The normalized spacial score (nSPS) is 21.4. The van der Waals surface area contributed by atoms with E-state index < -0.39 is 5.60 Å². The van der Waals surface area contributed by atoms with E-state index in [4.69, 9.17) is 30.5 Å². The molecule has 2 unspecified atom stereocenters. The molecule has 0 amide bonds. The summed E-state index contributed by atoms with van der Waals surface area (Å²) in [5.74, 6) is 1.20. The van der Waals surface area contributed by atoms with Crippen LogP contribution in [0.2, 0.25) is 5.28 Å². The molecule has 0 N–H and O–H groups in total. The Morgan fingerprint density at radius 1 is 0.844 bits per heavy atom. The second-order valence-corrected chi connectivity index (χ2v) is 12.4. The molecule has 4 aromatic rings. The lowest BCUT2D eigenvalue weighted by Crippen LogP contribution is -2.34. The molecule has 0 spiro atoms. The lowest BCUT2D eigenvalue weighted by molar-refractivity contribution is -0.162. The van der Waals surface area contributed by atoms with Gasteiger partial charge >= 0.3 is 0 Å². The molecule has 2 saturated heterocycles. The molecule has 0 aliphatic carbocycles. The van der Waals surface area contributed by atoms with Crippen molar-refractivity contribution in [1.82, 2.24) is 9.97 Å². The molecule has 4 heterocycles. The minimum atomic E-state index is -0.793. The molecule has 2 atom stereocenters. The highest BCUT2D eigenvalue weighted by molar-refractivity contribution is 6.28. The van der Waals surface area contributed by atoms with Crippen molar-refractivity contribution in [3.63, 3.8) is 0 Å². The number of piperidine rings is 1. The highest BCUT2D eigenvalue weighted by Gasteiger charge is 2.38. The third-order valence-corrected chi connectivity index (χ3v) is 9.17. The lowest BCUT2D eigenvalue weighted by Gasteiger charge is -2.37. The Hall–Kier alpha value is -3.65. The SMILES string of the molecule is Clc1nc(OCCCCOC2CCCCO2)c2c3c(ccc2n1)OC(c1ccccc1)(c1ccc(N2CCCCC2)cc1)C=C3. The predicted octanol–water partition coefficient (Wildman–Crippen LogP) is 8.33. The molecule has 3 aromatic carbocycles. The van der Waals surface area contributed by atoms with Crippen LogP contribution in [0.3, 0.4) is 0 Å². The molecule has 2 fully saturated rings. The van der Waals surface area contributed by atoms with Gasteiger partial charge in [-0.25, -0.2) is 4.98 Å². The Balaban J connectivity index is 1.14. The van der Waals surface area contributed by atoms with Crippen LogP contribution in [0.4, 0.5) is 5.69 Å². The average molecular weight is 626 g/mol. The highest BCUT2D eigenvalue weighted by Crippen LogP contribution is 2.45. The summed E-state index contributed by atoms with van der Waals surface area (Å²) in [4.78, 5) is 11.5. The number of fused-ring (bicyclic) bond motifs is 3. The van der Waals surface area contributed by atoms with Crippen LogP contribution in [-0.4, -0.2) is 49.2 Å². The monoisotopic (exact) mass is 625 g/mol. The van der Waals surface area contributed by atoms with Gasteiger partial charge in [0.15, 0.2) is 11.9 Å². The fourth-order valence-corrected chi connectivity index (χ4v) is 6.77. The van der Waals surface area contributed by atoms with Crippen molar-refractivity contribution in [3.05, 3.63) is 94.8 Å². The third-order valence-electron chi connectivity index (χ3n) is 9.00. The van der Waals surface area contributed by atoms with E-state index in [1.54, 1.807) is 0 Å². The van der Waals surface area contributed by atoms with E-state index >= 15 is 0 Å². The van der Waals surface area contributed by atoms with Crippen LogP contribution >= 0.6 is 11.6 Å². The van der Waals surface area contributed by atoms with Gasteiger partial charge in [-0.3, -0.25) is 0 Å². The van der Waals surface area contributed by atoms with Crippen LogP contribution in [0.5, 0.6) is 11.6 Å². The van der Waals surface area contributed by atoms with Crippen molar-refractivity contribution >= 4 is 34.3 Å². The van der Waals surface area contributed by atoms with Gasteiger partial charge in [-0.15, -0.1) is 0 Å². The lowest BCUT2D eigenvalue weighted by atomic mass is 9.83. The number of ether oxygens (including phenoxy) is 4. The number of unbranched alkanes of at least 4 members (excludes halogenated alkanes) is 1. The second kappa shape index (κ2) is 13.8. The maximum absolute atomic E-state index is 7.01. The summed E-state index contributed by atoms with van der Waals surface area (Å²) in [6.45, 7) is 4.14. The number of anilines is 1. The summed E-state index contributed by atoms with van der Waals surface area (Å²) in [6.07, 6.45) is 12.9. The molecular formula is C37H40ClN3O4. The molecule has 1 aromatic heterocycles. The molecule has 0 bridgehead atoms. The van der Waals surface area contributed by atoms with Gasteiger partial charge in [0, 0.05) is 48.7 Å². The Labute approximate surface area is 270 Å². The maximum atomic E-state index is 7.01. The number of nitrogens with zero attached hydrogens (tertiary/aromatic N) is 3. The first-order chi connectivity index (χ1) is 22.2. The summed E-state index contributed by atoms with van der Waals surface area (Å²) in [5, 5.41) is 0.950. The molecular weight excluding hydrogens is 586 g/mol. The third kappa shape index (κ3) is 6.53. The van der Waals surface area contributed by atoms with Gasteiger partial charge in [0.1, 0.15) is 5.75 Å². The zero-order chi connectivity index (χ0) is 30.5. The van der Waals surface area contributed by atoms with Crippen molar-refractivity contribution in [2.75, 3.05) is 37.8 Å². The molecule has 7 rings (SSSR count). The molecule has 3 aliphatic heterocycles. The van der Waals surface area contributed by atoms with Gasteiger partial charge in [0.2, 0.25) is 11.2 Å². The smallest absolute Gasteiger partial charge is 0.226 e. The van der Waals surface area contributed by atoms with Crippen molar-refractivity contribution in [1.29, 1.82) is 0 Å². The molecule has 234 valence electrons. The number of rotatable bonds is 10. The molecule has 3 aliphatic rings. The second-order valence-electron chi connectivity index (χ2n) is 12.0. The first kappa shape index (κ1) is 30.0. The Morgan fingerprint density at radius 3 is 2.44 bits per heavy atom. The summed E-state index contributed by atoms with van der Waals surface area (Å²) >= 11 is 6.34. The van der Waals surface area contributed by atoms with E-state index in [9.17, 15) is 0 Å². The first-order valence-electron chi connectivity index (χ1n) is 16.4. The zero-order valence-electron chi connectivity index (χ0n) is 25.6. The Bertz CT molecular complexity index is 1620.